The molecule has 0 aliphatic carbocycles. The van der Waals surface area contributed by atoms with E-state index in [9.17, 15) is 4.79 Å². The predicted octanol–water partition coefficient (Wildman–Crippen LogP) is 2.95. The molecule has 92 valence electrons. The van der Waals surface area contributed by atoms with E-state index < -0.39 is 0 Å². The first-order chi connectivity index (χ1) is 8.56. The Morgan fingerprint density at radius 1 is 1.61 bits per heavy atom. The molecule has 0 aliphatic rings. The van der Waals surface area contributed by atoms with Gasteiger partial charge in [0.15, 0.2) is 0 Å². The number of rotatable bonds is 2. The van der Waals surface area contributed by atoms with Crippen molar-refractivity contribution in [3.05, 3.63) is 27.5 Å². The van der Waals surface area contributed by atoms with Gasteiger partial charge in [-0.2, -0.15) is 0 Å². The van der Waals surface area contributed by atoms with Gasteiger partial charge in [-0.05, 0) is 12.1 Å². The fraction of sp³-hybridized carbons (Fsp3) is 0.154. The largest absolute Gasteiger partial charge is 0.397 e. The summed E-state index contributed by atoms with van der Waals surface area (Å²) >= 11 is 4.83. The molecule has 0 aliphatic heterocycles. The molecule has 5 heteroatoms. The van der Waals surface area contributed by atoms with E-state index in [1.807, 2.05) is 18.2 Å². The van der Waals surface area contributed by atoms with Crippen LogP contribution < -0.4 is 5.73 Å². The van der Waals surface area contributed by atoms with Crippen LogP contribution in [0.5, 0.6) is 0 Å². The van der Waals surface area contributed by atoms with Gasteiger partial charge in [0.25, 0.3) is 5.91 Å². The first-order valence-electron chi connectivity index (χ1n) is 5.21. The number of halogens is 1. The summed E-state index contributed by atoms with van der Waals surface area (Å²) in [5.41, 5.74) is 6.57. The molecule has 1 amide bonds. The zero-order valence-corrected chi connectivity index (χ0v) is 12.1. The second kappa shape index (κ2) is 5.01. The molecule has 0 saturated carbocycles. The summed E-state index contributed by atoms with van der Waals surface area (Å²) < 4.78 is 1.88. The SMILES string of the molecule is C#CCN(C)C(=O)c1sc2cccc(Br)c2c1N. The van der Waals surface area contributed by atoms with Gasteiger partial charge in [-0.25, -0.2) is 0 Å². The summed E-state index contributed by atoms with van der Waals surface area (Å²) in [6.45, 7) is 0.272. The minimum Gasteiger partial charge on any atom is -0.397 e. The highest BCUT2D eigenvalue weighted by atomic mass is 79.9. The molecule has 1 heterocycles. The third-order valence-corrected chi connectivity index (χ3v) is 4.39. The fourth-order valence-electron chi connectivity index (χ4n) is 1.67. The summed E-state index contributed by atoms with van der Waals surface area (Å²) in [7, 11) is 1.67. The molecule has 0 atom stereocenters. The van der Waals surface area contributed by atoms with E-state index >= 15 is 0 Å². The number of hydrogen-bond donors (Lipinski definition) is 1. The zero-order chi connectivity index (χ0) is 13.3. The van der Waals surface area contributed by atoms with Crippen LogP contribution in [0.15, 0.2) is 22.7 Å². The van der Waals surface area contributed by atoms with E-state index in [0.29, 0.717) is 10.6 Å². The van der Waals surface area contributed by atoms with Crippen molar-refractivity contribution >= 4 is 48.9 Å². The van der Waals surface area contributed by atoms with Crippen molar-refractivity contribution < 1.29 is 4.79 Å². The van der Waals surface area contributed by atoms with Gasteiger partial charge in [0.1, 0.15) is 4.88 Å². The Kier molecular flexibility index (Phi) is 3.60. The number of amides is 1. The maximum absolute atomic E-state index is 12.2. The van der Waals surface area contributed by atoms with Crippen molar-refractivity contribution in [3.8, 4) is 12.3 Å². The van der Waals surface area contributed by atoms with Crippen LogP contribution in [0, 0.1) is 12.3 Å². The summed E-state index contributed by atoms with van der Waals surface area (Å²) in [5, 5.41) is 0.889. The lowest BCUT2D eigenvalue weighted by Gasteiger charge is -2.12. The molecule has 0 fully saturated rings. The lowest BCUT2D eigenvalue weighted by molar-refractivity contribution is 0.0818. The number of fused-ring (bicyclic) bond motifs is 1. The lowest BCUT2D eigenvalue weighted by atomic mass is 10.2. The summed E-state index contributed by atoms with van der Waals surface area (Å²) in [4.78, 5) is 14.2. The second-order valence-corrected chi connectivity index (χ2v) is 5.73. The van der Waals surface area contributed by atoms with E-state index in [0.717, 1.165) is 14.6 Å². The minimum atomic E-state index is -0.140. The van der Waals surface area contributed by atoms with Gasteiger partial charge >= 0.3 is 0 Å². The monoisotopic (exact) mass is 322 g/mol. The van der Waals surface area contributed by atoms with Crippen LogP contribution in [0.2, 0.25) is 0 Å². The van der Waals surface area contributed by atoms with Crippen molar-refractivity contribution in [2.45, 2.75) is 0 Å². The van der Waals surface area contributed by atoms with Crippen molar-refractivity contribution in [3.63, 3.8) is 0 Å². The first kappa shape index (κ1) is 12.9. The van der Waals surface area contributed by atoms with Crippen LogP contribution in [0.4, 0.5) is 5.69 Å². The van der Waals surface area contributed by atoms with Crippen molar-refractivity contribution in [2.75, 3.05) is 19.3 Å². The smallest absolute Gasteiger partial charge is 0.266 e. The molecule has 0 radical (unpaired) electrons. The zero-order valence-electron chi connectivity index (χ0n) is 9.74. The summed E-state index contributed by atoms with van der Waals surface area (Å²) in [6.07, 6.45) is 5.20. The Labute approximate surface area is 118 Å². The van der Waals surface area contributed by atoms with E-state index in [2.05, 4.69) is 21.9 Å². The third-order valence-electron chi connectivity index (χ3n) is 2.57. The number of thiophene rings is 1. The maximum atomic E-state index is 12.2. The molecule has 0 bridgehead atoms. The molecule has 18 heavy (non-hydrogen) atoms. The van der Waals surface area contributed by atoms with Crippen LogP contribution in [-0.2, 0) is 0 Å². The highest BCUT2D eigenvalue weighted by Crippen LogP contribution is 2.38. The van der Waals surface area contributed by atoms with Crippen LogP contribution in [0.25, 0.3) is 10.1 Å². The average molecular weight is 323 g/mol. The highest BCUT2D eigenvalue weighted by molar-refractivity contribution is 9.10. The Morgan fingerprint density at radius 2 is 2.33 bits per heavy atom. The Hall–Kier alpha value is -1.51. The van der Waals surface area contributed by atoms with Crippen molar-refractivity contribution in [1.82, 2.24) is 4.90 Å². The maximum Gasteiger partial charge on any atom is 0.266 e. The number of terminal acetylenes is 1. The molecule has 0 saturated heterocycles. The normalized spacial score (nSPS) is 10.3. The number of anilines is 1. The highest BCUT2D eigenvalue weighted by Gasteiger charge is 2.20. The van der Waals surface area contributed by atoms with Gasteiger partial charge in [-0.1, -0.05) is 27.9 Å². The van der Waals surface area contributed by atoms with E-state index in [-0.39, 0.29) is 12.5 Å². The number of hydrogen-bond acceptors (Lipinski definition) is 3. The van der Waals surface area contributed by atoms with Gasteiger partial charge in [-0.15, -0.1) is 17.8 Å². The van der Waals surface area contributed by atoms with E-state index in [4.69, 9.17) is 12.2 Å². The van der Waals surface area contributed by atoms with Crippen LogP contribution in [0.1, 0.15) is 9.67 Å². The molecular weight excluding hydrogens is 312 g/mol. The summed E-state index contributed by atoms with van der Waals surface area (Å²) in [6, 6.07) is 5.77. The Balaban J connectivity index is 2.54. The molecular formula is C13H11BrN2OS. The molecule has 1 aromatic heterocycles. The number of benzene rings is 1. The quantitative estimate of drug-likeness (QED) is 0.864. The average Bonchev–Trinajstić information content (AvgIpc) is 2.67. The van der Waals surface area contributed by atoms with Gasteiger partial charge in [-0.3, -0.25) is 4.79 Å². The van der Waals surface area contributed by atoms with Crippen molar-refractivity contribution in [1.29, 1.82) is 0 Å². The Bertz CT molecular complexity index is 657. The minimum absolute atomic E-state index is 0.140. The molecule has 3 nitrogen and oxygen atoms in total. The fourth-order valence-corrected chi connectivity index (χ4v) is 3.52. The standard InChI is InChI=1S/C13H11BrN2OS/c1-3-7-16(2)13(17)12-11(15)10-8(14)5-4-6-9(10)18-12/h1,4-6H,7,15H2,2H3. The van der Waals surface area contributed by atoms with Crippen molar-refractivity contribution in [2.24, 2.45) is 0 Å². The lowest BCUT2D eigenvalue weighted by Crippen LogP contribution is -2.26. The number of nitrogens with zero attached hydrogens (tertiary/aromatic N) is 1. The number of carbonyl (C=O) groups excluding carboxylic acids is 1. The number of nitrogens with two attached hydrogens (primary N) is 1. The summed E-state index contributed by atoms with van der Waals surface area (Å²) in [5.74, 6) is 2.30. The second-order valence-electron chi connectivity index (χ2n) is 3.82. The molecule has 0 spiro atoms. The number of carbonyl (C=O) groups is 1. The van der Waals surface area contributed by atoms with Gasteiger partial charge < -0.3 is 10.6 Å². The molecule has 2 aromatic rings. The van der Waals surface area contributed by atoms with Crippen LogP contribution in [0.3, 0.4) is 0 Å². The molecule has 0 unspecified atom stereocenters. The van der Waals surface area contributed by atoms with Gasteiger partial charge in [0.2, 0.25) is 0 Å². The number of nitrogen functional groups attached to an aromatic ring is 1. The van der Waals surface area contributed by atoms with Gasteiger partial charge in [0.05, 0.1) is 12.2 Å². The first-order valence-corrected chi connectivity index (χ1v) is 6.82. The molecule has 1 aromatic carbocycles. The van der Waals surface area contributed by atoms with E-state index in [1.165, 1.54) is 16.2 Å². The van der Waals surface area contributed by atoms with Gasteiger partial charge in [0, 0.05) is 21.6 Å². The van der Waals surface area contributed by atoms with E-state index in [1.54, 1.807) is 7.05 Å². The molecule has 2 rings (SSSR count). The van der Waals surface area contributed by atoms with Crippen LogP contribution in [-0.4, -0.2) is 24.4 Å². The van der Waals surface area contributed by atoms with Crippen LogP contribution >= 0.6 is 27.3 Å². The predicted molar refractivity (Wildman–Crippen MR) is 79.7 cm³/mol. The Morgan fingerprint density at radius 3 is 2.94 bits per heavy atom. The molecule has 2 N–H and O–H groups in total. The third kappa shape index (κ3) is 2.09. The topological polar surface area (TPSA) is 46.3 Å².